The van der Waals surface area contributed by atoms with Crippen molar-refractivity contribution in [3.63, 3.8) is 0 Å². The van der Waals surface area contributed by atoms with Gasteiger partial charge in [0.25, 0.3) is 11.1 Å². The van der Waals surface area contributed by atoms with E-state index in [1.54, 1.807) is 36.4 Å². The van der Waals surface area contributed by atoms with Crippen LogP contribution in [0.1, 0.15) is 11.1 Å². The predicted molar refractivity (Wildman–Crippen MR) is 148 cm³/mol. The summed E-state index contributed by atoms with van der Waals surface area (Å²) in [5, 5.41) is 2.53. The molecule has 1 N–H and O–H groups in total. The third-order valence-electron chi connectivity index (χ3n) is 5.53. The molecule has 12 heteroatoms. The van der Waals surface area contributed by atoms with Gasteiger partial charge in [-0.05, 0) is 65.9 Å². The first-order valence-corrected chi connectivity index (χ1v) is 12.9. The molecular formula is C27H21Cl2FN2O6S. The van der Waals surface area contributed by atoms with Gasteiger partial charge >= 0.3 is 0 Å². The smallest absolute Gasteiger partial charge is 0.294 e. The highest BCUT2D eigenvalue weighted by molar-refractivity contribution is 8.18. The molecule has 4 rings (SSSR count). The molecule has 1 heterocycles. The summed E-state index contributed by atoms with van der Waals surface area (Å²) in [6.45, 7) is -0.637. The molecule has 3 aromatic rings. The van der Waals surface area contributed by atoms with Gasteiger partial charge in [0.05, 0.1) is 29.2 Å². The van der Waals surface area contributed by atoms with Crippen LogP contribution in [0.2, 0.25) is 10.0 Å². The Balaban J connectivity index is 1.46. The first-order chi connectivity index (χ1) is 18.7. The van der Waals surface area contributed by atoms with Gasteiger partial charge in [-0.2, -0.15) is 0 Å². The van der Waals surface area contributed by atoms with E-state index < -0.39 is 29.4 Å². The molecule has 0 bridgehead atoms. The third-order valence-corrected chi connectivity index (χ3v) is 7.09. The maximum absolute atomic E-state index is 14.1. The van der Waals surface area contributed by atoms with E-state index in [1.165, 1.54) is 38.5 Å². The van der Waals surface area contributed by atoms with Crippen molar-refractivity contribution in [2.45, 2.75) is 6.61 Å². The molecule has 1 fully saturated rings. The standard InChI is InChI=1S/C27H21Cl2FN2O6S/c1-36-21-9-7-16(12-19(21)29)31-25(33)13-32-26(34)24(39-27(32)35)11-15-6-8-22(37-2)23(10-15)38-14-17-18(28)4-3-5-20(17)30/h3-12H,13-14H2,1-2H3,(H,31,33)/b24-11+. The molecule has 1 aliphatic rings. The Bertz CT molecular complexity index is 1460. The summed E-state index contributed by atoms with van der Waals surface area (Å²) in [5.41, 5.74) is 1.09. The number of benzene rings is 3. The molecule has 39 heavy (non-hydrogen) atoms. The zero-order valence-corrected chi connectivity index (χ0v) is 23.0. The van der Waals surface area contributed by atoms with Crippen LogP contribution in [-0.2, 0) is 16.2 Å². The Kier molecular flexibility index (Phi) is 9.01. The molecule has 1 aliphatic heterocycles. The quantitative estimate of drug-likeness (QED) is 0.288. The van der Waals surface area contributed by atoms with Crippen molar-refractivity contribution in [2.75, 3.05) is 26.1 Å². The molecule has 0 unspecified atom stereocenters. The summed E-state index contributed by atoms with van der Waals surface area (Å²) < 4.78 is 30.3. The molecule has 202 valence electrons. The Morgan fingerprint density at radius 2 is 1.74 bits per heavy atom. The summed E-state index contributed by atoms with van der Waals surface area (Å²) >= 11 is 12.9. The SMILES string of the molecule is COc1ccc(NC(=O)CN2C(=O)S/C(=C/c3ccc(OC)c(OCc4c(F)cccc4Cl)c3)C2=O)cc1Cl. The second-order valence-electron chi connectivity index (χ2n) is 8.06. The van der Waals surface area contributed by atoms with E-state index in [-0.39, 0.29) is 27.8 Å². The number of carbonyl (C=O) groups excluding carboxylic acids is 3. The van der Waals surface area contributed by atoms with Crippen molar-refractivity contribution >= 4 is 63.8 Å². The first-order valence-electron chi connectivity index (χ1n) is 11.3. The Hall–Kier alpha value is -3.73. The topological polar surface area (TPSA) is 94.2 Å². The van der Waals surface area contributed by atoms with E-state index in [4.69, 9.17) is 37.4 Å². The van der Waals surface area contributed by atoms with Crippen molar-refractivity contribution in [1.82, 2.24) is 4.90 Å². The second kappa shape index (κ2) is 12.4. The summed E-state index contributed by atoms with van der Waals surface area (Å²) in [6.07, 6.45) is 1.49. The number of imide groups is 1. The zero-order valence-electron chi connectivity index (χ0n) is 20.6. The van der Waals surface area contributed by atoms with Crippen LogP contribution in [0, 0.1) is 5.82 Å². The average Bonchev–Trinajstić information content (AvgIpc) is 3.15. The molecule has 0 radical (unpaired) electrons. The number of nitrogens with zero attached hydrogens (tertiary/aromatic N) is 1. The Morgan fingerprint density at radius 1 is 1.00 bits per heavy atom. The molecule has 0 aromatic heterocycles. The number of hydrogen-bond donors (Lipinski definition) is 1. The van der Waals surface area contributed by atoms with E-state index in [9.17, 15) is 18.8 Å². The van der Waals surface area contributed by atoms with Gasteiger partial charge in [-0.25, -0.2) is 4.39 Å². The van der Waals surface area contributed by atoms with Gasteiger partial charge in [-0.1, -0.05) is 35.3 Å². The highest BCUT2D eigenvalue weighted by Crippen LogP contribution is 2.35. The minimum atomic E-state index is -0.621. The largest absolute Gasteiger partial charge is 0.495 e. The number of amides is 3. The number of methoxy groups -OCH3 is 2. The molecule has 3 aromatic carbocycles. The molecular weight excluding hydrogens is 570 g/mol. The summed E-state index contributed by atoms with van der Waals surface area (Å²) in [6, 6.07) is 13.8. The lowest BCUT2D eigenvalue weighted by Crippen LogP contribution is -2.36. The third kappa shape index (κ3) is 6.65. The number of thioether (sulfide) groups is 1. The van der Waals surface area contributed by atoms with Gasteiger partial charge in [0.15, 0.2) is 11.5 Å². The second-order valence-corrected chi connectivity index (χ2v) is 9.87. The Morgan fingerprint density at radius 3 is 2.44 bits per heavy atom. The zero-order chi connectivity index (χ0) is 28.1. The number of carbonyl (C=O) groups is 3. The fourth-order valence-electron chi connectivity index (χ4n) is 3.59. The summed E-state index contributed by atoms with van der Waals surface area (Å²) in [4.78, 5) is 38.9. The number of nitrogens with one attached hydrogen (secondary N) is 1. The number of rotatable bonds is 9. The van der Waals surface area contributed by atoms with Crippen LogP contribution in [-0.4, -0.2) is 42.7 Å². The summed E-state index contributed by atoms with van der Waals surface area (Å²) in [5.74, 6) is -0.610. The van der Waals surface area contributed by atoms with Crippen LogP contribution in [0.5, 0.6) is 17.2 Å². The van der Waals surface area contributed by atoms with Gasteiger partial charge in [-0.3, -0.25) is 19.3 Å². The molecule has 0 saturated carbocycles. The normalized spacial score (nSPS) is 14.1. The van der Waals surface area contributed by atoms with Crippen LogP contribution in [0.3, 0.4) is 0 Å². The number of ether oxygens (including phenoxy) is 3. The number of halogens is 3. The van der Waals surface area contributed by atoms with Crippen molar-refractivity contribution in [3.8, 4) is 17.2 Å². The lowest BCUT2D eigenvalue weighted by molar-refractivity contribution is -0.127. The fraction of sp³-hybridized carbons (Fsp3) is 0.148. The van der Waals surface area contributed by atoms with Crippen molar-refractivity contribution in [1.29, 1.82) is 0 Å². The van der Waals surface area contributed by atoms with Gasteiger partial charge in [0, 0.05) is 11.3 Å². The molecule has 0 aliphatic carbocycles. The van der Waals surface area contributed by atoms with E-state index in [2.05, 4.69) is 5.32 Å². The molecule has 3 amide bonds. The van der Waals surface area contributed by atoms with E-state index in [1.807, 2.05) is 0 Å². The number of anilines is 1. The van der Waals surface area contributed by atoms with Crippen LogP contribution in [0.4, 0.5) is 14.9 Å². The fourth-order valence-corrected chi connectivity index (χ4v) is 4.91. The van der Waals surface area contributed by atoms with Crippen LogP contribution < -0.4 is 19.5 Å². The minimum Gasteiger partial charge on any atom is -0.495 e. The molecule has 0 atom stereocenters. The molecule has 8 nitrogen and oxygen atoms in total. The maximum Gasteiger partial charge on any atom is 0.294 e. The lowest BCUT2D eigenvalue weighted by atomic mass is 10.1. The van der Waals surface area contributed by atoms with Gasteiger partial charge in [0.2, 0.25) is 5.91 Å². The Labute approximate surface area is 237 Å². The average molecular weight is 591 g/mol. The highest BCUT2D eigenvalue weighted by atomic mass is 35.5. The number of hydrogen-bond acceptors (Lipinski definition) is 7. The lowest BCUT2D eigenvalue weighted by Gasteiger charge is -2.13. The van der Waals surface area contributed by atoms with Gasteiger partial charge < -0.3 is 19.5 Å². The van der Waals surface area contributed by atoms with Crippen molar-refractivity contribution in [2.24, 2.45) is 0 Å². The minimum absolute atomic E-state index is 0.119. The molecule has 0 spiro atoms. The van der Waals surface area contributed by atoms with E-state index in [0.29, 0.717) is 39.5 Å². The van der Waals surface area contributed by atoms with Crippen molar-refractivity contribution in [3.05, 3.63) is 86.5 Å². The monoisotopic (exact) mass is 590 g/mol. The predicted octanol–water partition coefficient (Wildman–Crippen LogP) is 6.40. The van der Waals surface area contributed by atoms with E-state index in [0.717, 1.165) is 4.90 Å². The van der Waals surface area contributed by atoms with Gasteiger partial charge in [-0.15, -0.1) is 0 Å². The summed E-state index contributed by atoms with van der Waals surface area (Å²) in [7, 11) is 2.92. The first kappa shape index (κ1) is 28.3. The van der Waals surface area contributed by atoms with Crippen molar-refractivity contribution < 1.29 is 33.0 Å². The molecule has 1 saturated heterocycles. The van der Waals surface area contributed by atoms with Crippen LogP contribution in [0.25, 0.3) is 6.08 Å². The maximum atomic E-state index is 14.1. The van der Waals surface area contributed by atoms with E-state index >= 15 is 0 Å². The van der Waals surface area contributed by atoms with Crippen LogP contribution >= 0.6 is 35.0 Å². The highest BCUT2D eigenvalue weighted by Gasteiger charge is 2.36. The van der Waals surface area contributed by atoms with Crippen LogP contribution in [0.15, 0.2) is 59.5 Å². The van der Waals surface area contributed by atoms with Gasteiger partial charge in [0.1, 0.15) is 24.7 Å².